The number of ether oxygens (including phenoxy) is 2. The third-order valence-electron chi connectivity index (χ3n) is 3.91. The predicted octanol–water partition coefficient (Wildman–Crippen LogP) is 2.34. The largest absolute Gasteiger partial charge is 0.493 e. The van der Waals surface area contributed by atoms with E-state index in [4.69, 9.17) is 9.47 Å². The van der Waals surface area contributed by atoms with Crippen LogP contribution in [0.25, 0.3) is 0 Å². The number of carbonyl (C=O) groups is 1. The van der Waals surface area contributed by atoms with Crippen LogP contribution in [0.5, 0.6) is 5.75 Å². The van der Waals surface area contributed by atoms with E-state index in [1.54, 1.807) is 6.92 Å². The average Bonchev–Trinajstić information content (AvgIpc) is 3.07. The molecule has 140 valence electrons. The molecule has 8 heteroatoms. The zero-order valence-corrected chi connectivity index (χ0v) is 15.1. The van der Waals surface area contributed by atoms with Gasteiger partial charge in [0.2, 0.25) is 10.0 Å². The van der Waals surface area contributed by atoms with Gasteiger partial charge < -0.3 is 9.47 Å². The number of hydrogen-bond donors (Lipinski definition) is 0. The maximum Gasteiger partial charge on any atom is 0.324 e. The van der Waals surface area contributed by atoms with Crippen LogP contribution in [0.2, 0.25) is 0 Å². The minimum Gasteiger partial charge on any atom is -0.493 e. The molecular formula is C17H24FNO5S. The zero-order chi connectivity index (χ0) is 18.3. The van der Waals surface area contributed by atoms with Gasteiger partial charge in [0.05, 0.1) is 19.0 Å². The van der Waals surface area contributed by atoms with Crippen LogP contribution < -0.4 is 4.74 Å². The van der Waals surface area contributed by atoms with Crippen molar-refractivity contribution < 1.29 is 27.1 Å². The van der Waals surface area contributed by atoms with E-state index in [-0.39, 0.29) is 18.2 Å². The van der Waals surface area contributed by atoms with E-state index in [9.17, 15) is 17.6 Å². The highest BCUT2D eigenvalue weighted by atomic mass is 32.2. The topological polar surface area (TPSA) is 72.9 Å². The van der Waals surface area contributed by atoms with Crippen molar-refractivity contribution in [3.05, 3.63) is 30.1 Å². The van der Waals surface area contributed by atoms with Crippen molar-refractivity contribution in [1.82, 2.24) is 4.31 Å². The Bertz CT molecular complexity index is 662. The van der Waals surface area contributed by atoms with Crippen molar-refractivity contribution in [3.63, 3.8) is 0 Å². The minimum atomic E-state index is -3.40. The standard InChI is InChI=1S/C17H24FNO5S/c1-2-13-25(21,22)19-10-3-5-16(19)17(20)24-12-4-11-23-15-8-6-14(18)7-9-15/h6-9,16H,2-5,10-13H2,1H3. The molecule has 0 aromatic heterocycles. The second kappa shape index (κ2) is 9.15. The Morgan fingerprint density at radius 2 is 2.00 bits per heavy atom. The van der Waals surface area contributed by atoms with Crippen molar-refractivity contribution in [3.8, 4) is 5.75 Å². The smallest absolute Gasteiger partial charge is 0.324 e. The molecule has 6 nitrogen and oxygen atoms in total. The molecule has 1 atom stereocenters. The lowest BCUT2D eigenvalue weighted by atomic mass is 10.2. The summed E-state index contributed by atoms with van der Waals surface area (Å²) < 4.78 is 49.0. The number of nitrogens with zero attached hydrogens (tertiary/aromatic N) is 1. The summed E-state index contributed by atoms with van der Waals surface area (Å²) in [6, 6.07) is 4.95. The predicted molar refractivity (Wildman–Crippen MR) is 91.3 cm³/mol. The van der Waals surface area contributed by atoms with Crippen molar-refractivity contribution >= 4 is 16.0 Å². The van der Waals surface area contributed by atoms with E-state index in [1.165, 1.54) is 28.6 Å². The first kappa shape index (κ1) is 19.7. The van der Waals surface area contributed by atoms with Crippen LogP contribution in [-0.4, -0.2) is 50.2 Å². The van der Waals surface area contributed by atoms with Gasteiger partial charge in [-0.15, -0.1) is 0 Å². The molecule has 0 amide bonds. The second-order valence-corrected chi connectivity index (χ2v) is 7.95. The Balaban J connectivity index is 1.73. The zero-order valence-electron chi connectivity index (χ0n) is 14.3. The normalized spacial score (nSPS) is 18.2. The summed E-state index contributed by atoms with van der Waals surface area (Å²) in [5.74, 6) is -0.248. The van der Waals surface area contributed by atoms with Gasteiger partial charge in [-0.2, -0.15) is 4.31 Å². The fraction of sp³-hybridized carbons (Fsp3) is 0.588. The molecule has 1 fully saturated rings. The highest BCUT2D eigenvalue weighted by Gasteiger charge is 2.38. The molecule has 25 heavy (non-hydrogen) atoms. The molecule has 1 aliphatic rings. The summed E-state index contributed by atoms with van der Waals surface area (Å²) in [4.78, 5) is 12.2. The van der Waals surface area contributed by atoms with Crippen molar-refractivity contribution in [2.45, 2.75) is 38.6 Å². The number of carbonyl (C=O) groups excluding carboxylic acids is 1. The highest BCUT2D eigenvalue weighted by Crippen LogP contribution is 2.23. The summed E-state index contributed by atoms with van der Waals surface area (Å²) in [6.07, 6.45) is 2.14. The van der Waals surface area contributed by atoms with Gasteiger partial charge in [0.1, 0.15) is 17.6 Å². The molecule has 0 N–H and O–H groups in total. The molecule has 1 aromatic carbocycles. The van der Waals surface area contributed by atoms with Gasteiger partial charge in [0, 0.05) is 13.0 Å². The third kappa shape index (κ3) is 5.67. The van der Waals surface area contributed by atoms with Crippen LogP contribution in [0, 0.1) is 5.82 Å². The summed E-state index contributed by atoms with van der Waals surface area (Å²) in [5.41, 5.74) is 0. The Morgan fingerprint density at radius 1 is 1.28 bits per heavy atom. The van der Waals surface area contributed by atoms with Gasteiger partial charge in [0.25, 0.3) is 0 Å². The number of esters is 1. The van der Waals surface area contributed by atoms with Crippen LogP contribution in [0.1, 0.15) is 32.6 Å². The maximum absolute atomic E-state index is 12.8. The molecule has 1 aromatic rings. The summed E-state index contributed by atoms with van der Waals surface area (Å²) in [6.45, 7) is 2.64. The molecule has 1 saturated heterocycles. The first-order valence-electron chi connectivity index (χ1n) is 8.48. The van der Waals surface area contributed by atoms with Gasteiger partial charge in [-0.05, 0) is 43.5 Å². The number of hydrogen-bond acceptors (Lipinski definition) is 5. The van der Waals surface area contributed by atoms with E-state index >= 15 is 0 Å². The van der Waals surface area contributed by atoms with E-state index in [0.29, 0.717) is 44.6 Å². The van der Waals surface area contributed by atoms with Crippen LogP contribution in [0.4, 0.5) is 4.39 Å². The van der Waals surface area contributed by atoms with E-state index in [2.05, 4.69) is 0 Å². The minimum absolute atomic E-state index is 0.0439. The first-order chi connectivity index (χ1) is 11.9. The van der Waals surface area contributed by atoms with Gasteiger partial charge >= 0.3 is 5.97 Å². The van der Waals surface area contributed by atoms with E-state index < -0.39 is 22.0 Å². The molecule has 1 unspecified atom stereocenters. The van der Waals surface area contributed by atoms with Crippen molar-refractivity contribution in [2.75, 3.05) is 25.5 Å². The number of benzene rings is 1. The summed E-state index contributed by atoms with van der Waals surface area (Å²) in [5, 5.41) is 0. The molecule has 1 heterocycles. The van der Waals surface area contributed by atoms with Crippen molar-refractivity contribution in [2.24, 2.45) is 0 Å². The first-order valence-corrected chi connectivity index (χ1v) is 10.1. The highest BCUT2D eigenvalue weighted by molar-refractivity contribution is 7.89. The lowest BCUT2D eigenvalue weighted by Crippen LogP contribution is -2.42. The Kier molecular flexibility index (Phi) is 7.19. The SMILES string of the molecule is CCCS(=O)(=O)N1CCCC1C(=O)OCCCOc1ccc(F)cc1. The molecule has 0 radical (unpaired) electrons. The van der Waals surface area contributed by atoms with Gasteiger partial charge in [-0.1, -0.05) is 6.92 Å². The summed E-state index contributed by atoms with van der Waals surface area (Å²) >= 11 is 0. The van der Waals surface area contributed by atoms with Gasteiger partial charge in [-0.3, -0.25) is 4.79 Å². The molecule has 0 aliphatic carbocycles. The van der Waals surface area contributed by atoms with Gasteiger partial charge in [-0.25, -0.2) is 12.8 Å². The van der Waals surface area contributed by atoms with Gasteiger partial charge in [0.15, 0.2) is 0 Å². The van der Waals surface area contributed by atoms with Crippen molar-refractivity contribution in [1.29, 1.82) is 0 Å². The molecule has 2 rings (SSSR count). The Morgan fingerprint density at radius 3 is 2.68 bits per heavy atom. The molecule has 0 saturated carbocycles. The third-order valence-corrected chi connectivity index (χ3v) is 5.99. The Hall–Kier alpha value is -1.67. The monoisotopic (exact) mass is 373 g/mol. The molecule has 0 spiro atoms. The van der Waals surface area contributed by atoms with Crippen LogP contribution in [0.3, 0.4) is 0 Å². The molecule has 1 aliphatic heterocycles. The Labute approximate surface area is 148 Å². The van der Waals surface area contributed by atoms with E-state index in [0.717, 1.165) is 0 Å². The average molecular weight is 373 g/mol. The number of rotatable bonds is 9. The van der Waals surface area contributed by atoms with Crippen LogP contribution in [0.15, 0.2) is 24.3 Å². The lowest BCUT2D eigenvalue weighted by Gasteiger charge is -2.22. The number of halogens is 1. The van der Waals surface area contributed by atoms with Crippen LogP contribution in [-0.2, 0) is 19.6 Å². The molecular weight excluding hydrogens is 349 g/mol. The fourth-order valence-electron chi connectivity index (χ4n) is 2.73. The number of sulfonamides is 1. The fourth-order valence-corrected chi connectivity index (χ4v) is 4.47. The second-order valence-electron chi connectivity index (χ2n) is 5.91. The van der Waals surface area contributed by atoms with Crippen LogP contribution >= 0.6 is 0 Å². The van der Waals surface area contributed by atoms with E-state index in [1.807, 2.05) is 0 Å². The summed E-state index contributed by atoms with van der Waals surface area (Å²) in [7, 11) is -3.40. The maximum atomic E-state index is 12.8. The quantitative estimate of drug-likeness (QED) is 0.491. The lowest BCUT2D eigenvalue weighted by molar-refractivity contribution is -0.147. The molecule has 0 bridgehead atoms.